The Bertz CT molecular complexity index is 1950. The summed E-state index contributed by atoms with van der Waals surface area (Å²) in [5.74, 6) is -2.89. The molecule has 14 nitrogen and oxygen atoms in total. The number of hydrogen-bond acceptors (Lipinski definition) is 9. The van der Waals surface area contributed by atoms with Gasteiger partial charge < -0.3 is 32.1 Å². The first-order chi connectivity index (χ1) is 27.0. The number of β-amino-alcohol motifs (C(OH)–C–C–N with tert-alkyl or cyclic N) is 1. The molecule has 3 heterocycles. The van der Waals surface area contributed by atoms with Gasteiger partial charge in [0.2, 0.25) is 23.6 Å². The number of pyridine rings is 2. The molecule has 7 N–H and O–H groups in total. The summed E-state index contributed by atoms with van der Waals surface area (Å²) >= 11 is 0. The molecule has 0 saturated carbocycles. The van der Waals surface area contributed by atoms with Gasteiger partial charge in [0.25, 0.3) is 5.91 Å². The number of nitrogens with one attached hydrogen (secondary N) is 4. The van der Waals surface area contributed by atoms with Crippen molar-refractivity contribution in [1.29, 1.82) is 0 Å². The van der Waals surface area contributed by atoms with E-state index in [-0.39, 0.29) is 36.4 Å². The first kappa shape index (κ1) is 41.4. The minimum absolute atomic E-state index is 0.0357. The zero-order valence-electron chi connectivity index (χ0n) is 31.9. The third kappa shape index (κ3) is 11.6. The van der Waals surface area contributed by atoms with Crippen molar-refractivity contribution in [3.05, 3.63) is 108 Å². The van der Waals surface area contributed by atoms with Crippen LogP contribution in [0.5, 0.6) is 0 Å². The lowest BCUT2D eigenvalue weighted by Crippen LogP contribution is -2.58. The van der Waals surface area contributed by atoms with Crippen LogP contribution in [0.3, 0.4) is 0 Å². The summed E-state index contributed by atoms with van der Waals surface area (Å²) in [4.78, 5) is 76.9. The molecule has 2 unspecified atom stereocenters. The standard InChI is InChI=1S/C42H52N8O6/c1-3-27(2)38(42(56)45-22-20-30-15-9-10-21-44-30)49-41(55)35-17-11-23-50(35)26-36(51)33(24-28-12-5-4-6-13-28)47-40(54)34(25-37(43)52)48-39(53)32-19-18-29-14-7-8-16-31(29)46-32/h4-10,12-16,18-19,21,27,33-36,38,51H,3,11,17,20,22-26H2,1-2H3,(H2,43,52)(H,45,56)(H,47,54)(H,48,53)(H,49,55)/t27?,33-,34-,35-,36?,38-/m0/s1. The average Bonchev–Trinajstić information content (AvgIpc) is 3.67. The Balaban J connectivity index is 1.26. The van der Waals surface area contributed by atoms with Crippen LogP contribution in [0.2, 0.25) is 0 Å². The molecule has 1 saturated heterocycles. The molecule has 56 heavy (non-hydrogen) atoms. The molecule has 0 bridgehead atoms. The number of carbonyl (C=O) groups is 5. The van der Waals surface area contributed by atoms with E-state index in [1.54, 1.807) is 24.4 Å². The molecule has 2 aromatic carbocycles. The average molecular weight is 765 g/mol. The third-order valence-electron chi connectivity index (χ3n) is 10.2. The maximum Gasteiger partial charge on any atom is 0.270 e. The number of benzene rings is 2. The summed E-state index contributed by atoms with van der Waals surface area (Å²) in [5.41, 5.74) is 7.83. The molecule has 5 rings (SSSR count). The van der Waals surface area contributed by atoms with Crippen LogP contribution in [-0.4, -0.2) is 99.4 Å². The Morgan fingerprint density at radius 1 is 0.911 bits per heavy atom. The maximum atomic E-state index is 13.8. The highest BCUT2D eigenvalue weighted by Gasteiger charge is 2.37. The second kappa shape index (κ2) is 20.3. The first-order valence-electron chi connectivity index (χ1n) is 19.2. The number of para-hydroxylation sites is 1. The van der Waals surface area contributed by atoms with E-state index in [2.05, 4.69) is 31.2 Å². The van der Waals surface area contributed by atoms with Crippen molar-refractivity contribution in [2.75, 3.05) is 19.6 Å². The number of nitrogens with two attached hydrogens (primary N) is 1. The van der Waals surface area contributed by atoms with E-state index < -0.39 is 54.4 Å². The highest BCUT2D eigenvalue weighted by molar-refractivity contribution is 5.99. The number of amides is 5. The number of rotatable bonds is 19. The SMILES string of the molecule is CCC(C)[C@H](NC(=O)[C@@H]1CCCN1CC(O)[C@H](Cc1ccccc1)NC(=O)[C@H](CC(N)=O)NC(=O)c1ccc2ccccc2n1)C(=O)NCCc1ccccn1. The van der Waals surface area contributed by atoms with Gasteiger partial charge in [-0.3, -0.25) is 33.9 Å². The topological polar surface area (TPSA) is 209 Å². The molecule has 1 fully saturated rings. The number of carbonyl (C=O) groups excluding carboxylic acids is 5. The van der Waals surface area contributed by atoms with E-state index in [1.807, 2.05) is 79.4 Å². The van der Waals surface area contributed by atoms with Crippen molar-refractivity contribution in [2.24, 2.45) is 11.7 Å². The number of likely N-dealkylation sites (tertiary alicyclic amines) is 1. The number of aromatic nitrogens is 2. The molecule has 1 aliphatic heterocycles. The Morgan fingerprint density at radius 3 is 2.39 bits per heavy atom. The summed E-state index contributed by atoms with van der Waals surface area (Å²) in [6, 6.07) is 21.8. The molecule has 0 spiro atoms. The molecular weight excluding hydrogens is 713 g/mol. The maximum absolute atomic E-state index is 13.8. The predicted octanol–water partition coefficient (Wildman–Crippen LogP) is 2.05. The summed E-state index contributed by atoms with van der Waals surface area (Å²) in [6.45, 7) is 4.81. The molecule has 5 amide bonds. The molecule has 6 atom stereocenters. The van der Waals surface area contributed by atoms with Gasteiger partial charge in [0, 0.05) is 36.8 Å². The summed E-state index contributed by atoms with van der Waals surface area (Å²) in [5, 5.41) is 24.0. The van der Waals surface area contributed by atoms with Crippen molar-refractivity contribution in [3.8, 4) is 0 Å². The molecule has 4 aromatic rings. The molecule has 296 valence electrons. The molecular formula is C42H52N8O6. The lowest BCUT2D eigenvalue weighted by Gasteiger charge is -2.32. The van der Waals surface area contributed by atoms with Gasteiger partial charge >= 0.3 is 0 Å². The van der Waals surface area contributed by atoms with Gasteiger partial charge in [-0.05, 0) is 61.6 Å². The number of hydrogen-bond donors (Lipinski definition) is 6. The van der Waals surface area contributed by atoms with Gasteiger partial charge in [-0.2, -0.15) is 0 Å². The van der Waals surface area contributed by atoms with Crippen molar-refractivity contribution < 1.29 is 29.1 Å². The second-order valence-corrected chi connectivity index (χ2v) is 14.3. The van der Waals surface area contributed by atoms with E-state index >= 15 is 0 Å². The van der Waals surface area contributed by atoms with E-state index in [9.17, 15) is 29.1 Å². The highest BCUT2D eigenvalue weighted by atomic mass is 16.3. The Morgan fingerprint density at radius 2 is 1.66 bits per heavy atom. The zero-order chi connectivity index (χ0) is 40.0. The van der Waals surface area contributed by atoms with Crippen LogP contribution in [0.4, 0.5) is 0 Å². The Kier molecular flexibility index (Phi) is 15.0. The van der Waals surface area contributed by atoms with E-state index in [0.717, 1.165) is 16.6 Å². The van der Waals surface area contributed by atoms with Crippen LogP contribution < -0.4 is 27.0 Å². The van der Waals surface area contributed by atoms with Gasteiger partial charge in [-0.25, -0.2) is 4.98 Å². The summed E-state index contributed by atoms with van der Waals surface area (Å²) < 4.78 is 0. The molecule has 2 aromatic heterocycles. The lowest BCUT2D eigenvalue weighted by atomic mass is 9.97. The van der Waals surface area contributed by atoms with Crippen molar-refractivity contribution in [1.82, 2.24) is 36.1 Å². The fourth-order valence-electron chi connectivity index (χ4n) is 6.90. The van der Waals surface area contributed by atoms with Crippen LogP contribution in [-0.2, 0) is 32.0 Å². The molecule has 0 radical (unpaired) electrons. The van der Waals surface area contributed by atoms with Gasteiger partial charge in [0.1, 0.15) is 17.8 Å². The Hall–Kier alpha value is -5.73. The van der Waals surface area contributed by atoms with E-state index in [0.29, 0.717) is 44.3 Å². The number of nitrogens with zero attached hydrogens (tertiary/aromatic N) is 3. The van der Waals surface area contributed by atoms with Crippen LogP contribution in [0.25, 0.3) is 10.9 Å². The number of fused-ring (bicyclic) bond motifs is 1. The molecule has 1 aliphatic rings. The van der Waals surface area contributed by atoms with Crippen molar-refractivity contribution in [3.63, 3.8) is 0 Å². The van der Waals surface area contributed by atoms with Crippen LogP contribution in [0, 0.1) is 5.92 Å². The van der Waals surface area contributed by atoms with E-state index in [4.69, 9.17) is 5.73 Å². The fraction of sp³-hybridized carbons (Fsp3) is 0.405. The lowest BCUT2D eigenvalue weighted by molar-refractivity contribution is -0.133. The summed E-state index contributed by atoms with van der Waals surface area (Å²) in [6.07, 6.45) is 2.72. The molecule has 14 heteroatoms. The number of aliphatic hydroxyl groups excluding tert-OH is 1. The number of aliphatic hydroxyl groups is 1. The van der Waals surface area contributed by atoms with Gasteiger partial charge in [0.05, 0.1) is 30.1 Å². The zero-order valence-corrected chi connectivity index (χ0v) is 31.9. The normalized spacial score (nSPS) is 16.9. The van der Waals surface area contributed by atoms with Crippen LogP contribution in [0.15, 0.2) is 91.1 Å². The summed E-state index contributed by atoms with van der Waals surface area (Å²) in [7, 11) is 0. The highest BCUT2D eigenvalue weighted by Crippen LogP contribution is 2.21. The minimum Gasteiger partial charge on any atom is -0.390 e. The van der Waals surface area contributed by atoms with Crippen molar-refractivity contribution >= 4 is 40.4 Å². The third-order valence-corrected chi connectivity index (χ3v) is 10.2. The van der Waals surface area contributed by atoms with Gasteiger partial charge in [0.15, 0.2) is 0 Å². The van der Waals surface area contributed by atoms with Crippen LogP contribution in [0.1, 0.15) is 61.3 Å². The molecule has 0 aliphatic carbocycles. The quantitative estimate of drug-likeness (QED) is 0.0825. The minimum atomic E-state index is -1.35. The van der Waals surface area contributed by atoms with Gasteiger partial charge in [-0.1, -0.05) is 80.9 Å². The van der Waals surface area contributed by atoms with E-state index in [1.165, 1.54) is 6.07 Å². The monoisotopic (exact) mass is 764 g/mol. The predicted molar refractivity (Wildman–Crippen MR) is 212 cm³/mol. The van der Waals surface area contributed by atoms with Crippen molar-refractivity contribution in [2.45, 2.75) is 82.6 Å². The Labute approximate surface area is 327 Å². The number of primary amides is 1. The smallest absolute Gasteiger partial charge is 0.270 e. The second-order valence-electron chi connectivity index (χ2n) is 14.3. The fourth-order valence-corrected chi connectivity index (χ4v) is 6.90. The van der Waals surface area contributed by atoms with Gasteiger partial charge in [-0.15, -0.1) is 0 Å². The largest absolute Gasteiger partial charge is 0.390 e. The van der Waals surface area contributed by atoms with Crippen LogP contribution >= 0.6 is 0 Å². The first-order valence-corrected chi connectivity index (χ1v) is 19.2.